The van der Waals surface area contributed by atoms with Crippen LogP contribution >= 0.6 is 0 Å². The summed E-state index contributed by atoms with van der Waals surface area (Å²) in [6.07, 6.45) is -1.97. The van der Waals surface area contributed by atoms with E-state index in [1.807, 2.05) is 0 Å². The summed E-state index contributed by atoms with van der Waals surface area (Å²) in [4.78, 5) is 5.03. The number of nitrogens with zero attached hydrogens (tertiary/aromatic N) is 3. The number of anilines is 2. The fourth-order valence-corrected chi connectivity index (χ4v) is 2.89. The van der Waals surface area contributed by atoms with E-state index in [9.17, 15) is 17.6 Å². The van der Waals surface area contributed by atoms with Gasteiger partial charge in [0.2, 0.25) is 5.62 Å². The van der Waals surface area contributed by atoms with E-state index in [1.54, 1.807) is 6.92 Å². The zero-order chi connectivity index (χ0) is 19.7. The SMILES string of the molecule is Cc1cc(F)cc(N(CC(F)F)c2nc(=N)n(C=N)c3ccc(F)cc23)c1. The average Bonchev–Trinajstić information content (AvgIpc) is 2.58. The second-order valence-electron chi connectivity index (χ2n) is 5.91. The predicted octanol–water partition coefficient (Wildman–Crippen LogP) is 3.96. The van der Waals surface area contributed by atoms with Crippen molar-refractivity contribution in [2.45, 2.75) is 13.3 Å². The molecule has 0 saturated carbocycles. The number of fused-ring (bicyclic) bond motifs is 1. The third-order valence-corrected chi connectivity index (χ3v) is 3.94. The number of hydrogen-bond donors (Lipinski definition) is 2. The first kappa shape index (κ1) is 18.6. The zero-order valence-corrected chi connectivity index (χ0v) is 14.2. The van der Waals surface area contributed by atoms with Gasteiger partial charge in [-0.1, -0.05) is 0 Å². The molecule has 1 aromatic heterocycles. The maximum atomic E-state index is 13.9. The summed E-state index contributed by atoms with van der Waals surface area (Å²) in [6, 6.07) is 7.37. The molecule has 0 atom stereocenters. The molecular weight excluding hydrogens is 362 g/mol. The third kappa shape index (κ3) is 3.67. The second-order valence-corrected chi connectivity index (χ2v) is 5.91. The van der Waals surface area contributed by atoms with Crippen LogP contribution in [-0.2, 0) is 0 Å². The number of hydrogen-bond acceptors (Lipinski definition) is 4. The largest absolute Gasteiger partial charge is 0.320 e. The van der Waals surface area contributed by atoms with E-state index in [0.717, 1.165) is 34.0 Å². The minimum Gasteiger partial charge on any atom is -0.320 e. The van der Waals surface area contributed by atoms with Crippen molar-refractivity contribution in [3.05, 3.63) is 59.2 Å². The van der Waals surface area contributed by atoms with Gasteiger partial charge in [0.1, 0.15) is 17.5 Å². The Bertz CT molecular complexity index is 1060. The minimum atomic E-state index is -2.79. The number of aromatic nitrogens is 2. The number of nitrogens with one attached hydrogen (secondary N) is 2. The van der Waals surface area contributed by atoms with Gasteiger partial charge in [0, 0.05) is 11.1 Å². The standard InChI is InChI=1S/C18H15F4N5/c1-10-4-12(20)6-13(5-10)26(8-16(21)22)17-14-7-11(19)2-3-15(14)27(9-23)18(24)25-17/h2-7,9,16,23-24H,8H2,1H3. The van der Waals surface area contributed by atoms with Crippen molar-refractivity contribution in [3.63, 3.8) is 0 Å². The fourth-order valence-electron chi connectivity index (χ4n) is 2.89. The van der Waals surface area contributed by atoms with E-state index >= 15 is 0 Å². The maximum absolute atomic E-state index is 13.9. The van der Waals surface area contributed by atoms with Crippen molar-refractivity contribution in [3.8, 4) is 0 Å². The van der Waals surface area contributed by atoms with Crippen LogP contribution in [0, 0.1) is 29.4 Å². The molecule has 0 aliphatic rings. The Hall–Kier alpha value is -3.23. The molecule has 27 heavy (non-hydrogen) atoms. The van der Waals surface area contributed by atoms with Crippen LogP contribution in [0.4, 0.5) is 29.1 Å². The van der Waals surface area contributed by atoms with Crippen molar-refractivity contribution in [1.29, 1.82) is 10.8 Å². The first-order valence-corrected chi connectivity index (χ1v) is 7.90. The summed E-state index contributed by atoms with van der Waals surface area (Å²) >= 11 is 0. The van der Waals surface area contributed by atoms with Crippen molar-refractivity contribution >= 4 is 28.7 Å². The van der Waals surface area contributed by atoms with Crippen LogP contribution in [0.15, 0.2) is 36.4 Å². The molecule has 0 spiro atoms. The lowest BCUT2D eigenvalue weighted by Crippen LogP contribution is -2.30. The number of aryl methyl sites for hydroxylation is 1. The molecule has 0 amide bonds. The number of halogens is 4. The van der Waals surface area contributed by atoms with Gasteiger partial charge in [-0.25, -0.2) is 17.6 Å². The Morgan fingerprint density at radius 2 is 1.89 bits per heavy atom. The van der Waals surface area contributed by atoms with Gasteiger partial charge >= 0.3 is 0 Å². The van der Waals surface area contributed by atoms with Crippen LogP contribution in [0.5, 0.6) is 0 Å². The quantitative estimate of drug-likeness (QED) is 0.401. The molecular formula is C18H15F4N5. The van der Waals surface area contributed by atoms with E-state index in [1.165, 1.54) is 18.2 Å². The molecule has 2 aromatic carbocycles. The van der Waals surface area contributed by atoms with Crippen molar-refractivity contribution < 1.29 is 17.6 Å². The Labute approximate surface area is 151 Å². The molecule has 0 radical (unpaired) electrons. The smallest absolute Gasteiger partial charge is 0.256 e. The van der Waals surface area contributed by atoms with Gasteiger partial charge in [0.05, 0.1) is 18.4 Å². The lowest BCUT2D eigenvalue weighted by Gasteiger charge is -2.26. The van der Waals surface area contributed by atoms with E-state index in [2.05, 4.69) is 4.98 Å². The van der Waals surface area contributed by atoms with Crippen LogP contribution in [-0.4, -0.2) is 28.9 Å². The number of alkyl halides is 2. The van der Waals surface area contributed by atoms with E-state index < -0.39 is 30.2 Å². The Kier molecular flexibility index (Phi) is 4.93. The molecule has 0 saturated heterocycles. The van der Waals surface area contributed by atoms with Crippen molar-refractivity contribution in [2.75, 3.05) is 11.4 Å². The normalized spacial score (nSPS) is 11.2. The summed E-state index contributed by atoms with van der Waals surface area (Å²) in [7, 11) is 0. The topological polar surface area (TPSA) is 68.8 Å². The highest BCUT2D eigenvalue weighted by Crippen LogP contribution is 2.31. The summed E-state index contributed by atoms with van der Waals surface area (Å²) in [6.45, 7) is 0.789. The highest BCUT2D eigenvalue weighted by Gasteiger charge is 2.21. The summed E-state index contributed by atoms with van der Waals surface area (Å²) in [5, 5.41) is 15.5. The molecule has 0 fully saturated rings. The van der Waals surface area contributed by atoms with Gasteiger partial charge < -0.3 is 4.90 Å². The maximum Gasteiger partial charge on any atom is 0.256 e. The van der Waals surface area contributed by atoms with Gasteiger partial charge in [0.25, 0.3) is 6.43 Å². The average molecular weight is 377 g/mol. The highest BCUT2D eigenvalue weighted by atomic mass is 19.3. The van der Waals surface area contributed by atoms with Gasteiger partial charge in [-0.2, -0.15) is 4.98 Å². The first-order chi connectivity index (χ1) is 12.8. The molecule has 2 N–H and O–H groups in total. The van der Waals surface area contributed by atoms with Gasteiger partial charge in [-0.05, 0) is 48.9 Å². The highest BCUT2D eigenvalue weighted by molar-refractivity contribution is 5.94. The Balaban J connectivity index is 2.35. The van der Waals surface area contributed by atoms with E-state index in [-0.39, 0.29) is 22.4 Å². The zero-order valence-electron chi connectivity index (χ0n) is 14.2. The lowest BCUT2D eigenvalue weighted by molar-refractivity contribution is 0.157. The lowest BCUT2D eigenvalue weighted by atomic mass is 10.1. The molecule has 0 aliphatic carbocycles. The van der Waals surface area contributed by atoms with Gasteiger partial charge in [0.15, 0.2) is 0 Å². The number of benzene rings is 2. The van der Waals surface area contributed by atoms with Gasteiger partial charge in [-0.15, -0.1) is 0 Å². The second kappa shape index (κ2) is 7.18. The summed E-state index contributed by atoms with van der Waals surface area (Å²) in [5.41, 5.74) is 0.467. The fraction of sp³-hybridized carbons (Fsp3) is 0.167. The molecule has 3 aromatic rings. The van der Waals surface area contributed by atoms with Crippen LogP contribution in [0.2, 0.25) is 0 Å². The van der Waals surface area contributed by atoms with Crippen molar-refractivity contribution in [2.24, 2.45) is 0 Å². The molecule has 0 aliphatic heterocycles. The van der Waals surface area contributed by atoms with E-state index in [4.69, 9.17) is 10.8 Å². The third-order valence-electron chi connectivity index (χ3n) is 3.94. The molecule has 5 nitrogen and oxygen atoms in total. The molecule has 0 unspecified atom stereocenters. The minimum absolute atomic E-state index is 0.109. The Morgan fingerprint density at radius 3 is 2.52 bits per heavy atom. The molecule has 1 heterocycles. The van der Waals surface area contributed by atoms with Crippen LogP contribution < -0.4 is 10.5 Å². The summed E-state index contributed by atoms with van der Waals surface area (Å²) in [5.74, 6) is -1.36. The molecule has 9 heteroatoms. The molecule has 3 rings (SSSR count). The number of rotatable bonds is 5. The van der Waals surface area contributed by atoms with Crippen LogP contribution in [0.1, 0.15) is 5.56 Å². The Morgan fingerprint density at radius 1 is 1.15 bits per heavy atom. The van der Waals surface area contributed by atoms with Crippen LogP contribution in [0.25, 0.3) is 10.9 Å². The monoisotopic (exact) mass is 377 g/mol. The van der Waals surface area contributed by atoms with Crippen LogP contribution in [0.3, 0.4) is 0 Å². The summed E-state index contributed by atoms with van der Waals surface area (Å²) < 4.78 is 55.3. The molecule has 0 bridgehead atoms. The van der Waals surface area contributed by atoms with E-state index in [0.29, 0.717) is 5.56 Å². The van der Waals surface area contributed by atoms with Gasteiger partial charge in [-0.3, -0.25) is 15.4 Å². The predicted molar refractivity (Wildman–Crippen MR) is 93.9 cm³/mol. The van der Waals surface area contributed by atoms with Crippen molar-refractivity contribution in [1.82, 2.24) is 9.55 Å². The first-order valence-electron chi connectivity index (χ1n) is 7.90. The molecule has 140 valence electrons.